The monoisotopic (exact) mass is 278 g/mol. The average Bonchev–Trinajstić information content (AvgIpc) is 3.15. The Balaban J connectivity index is 1.47. The van der Waals surface area contributed by atoms with Crippen LogP contribution in [0.5, 0.6) is 0 Å². The van der Waals surface area contributed by atoms with Gasteiger partial charge in [0.1, 0.15) is 6.26 Å². The van der Waals surface area contributed by atoms with Crippen molar-refractivity contribution in [2.75, 3.05) is 38.6 Å². The van der Waals surface area contributed by atoms with E-state index in [4.69, 9.17) is 4.42 Å². The smallest absolute Gasteiger partial charge is 0.297 e. The van der Waals surface area contributed by atoms with Crippen molar-refractivity contribution in [1.82, 2.24) is 15.2 Å². The number of hydrogen-bond donors (Lipinski definition) is 1. The normalized spacial score (nSPS) is 21.3. The average molecular weight is 278 g/mol. The van der Waals surface area contributed by atoms with E-state index in [2.05, 4.69) is 34.2 Å². The molecule has 0 unspecified atom stereocenters. The van der Waals surface area contributed by atoms with Gasteiger partial charge in [-0.2, -0.15) is 4.98 Å². The number of likely N-dealkylation sites (tertiary alicyclic amines) is 1. The van der Waals surface area contributed by atoms with Crippen LogP contribution in [0, 0.1) is 5.92 Å². The third-order valence-corrected chi connectivity index (χ3v) is 4.39. The molecule has 1 aliphatic heterocycles. The molecule has 1 aromatic rings. The standard InChI is InChI=1S/C15H26N4O/c1-18-7-5-12(6-8-18)10-19(2)15-17-14(11-20-15)9-16-13-3-4-13/h11-13,16H,3-10H2,1-2H3. The van der Waals surface area contributed by atoms with Crippen molar-refractivity contribution in [2.45, 2.75) is 38.3 Å². The highest BCUT2D eigenvalue weighted by molar-refractivity contribution is 5.25. The maximum Gasteiger partial charge on any atom is 0.297 e. The van der Waals surface area contributed by atoms with Crippen LogP contribution in [0.2, 0.25) is 0 Å². The van der Waals surface area contributed by atoms with Gasteiger partial charge in [-0.05, 0) is 51.7 Å². The number of piperidine rings is 1. The molecule has 2 fully saturated rings. The summed E-state index contributed by atoms with van der Waals surface area (Å²) in [4.78, 5) is 9.15. The Kier molecular flexibility index (Phi) is 4.27. The second-order valence-electron chi connectivity index (χ2n) is 6.40. The molecule has 1 aromatic heterocycles. The van der Waals surface area contributed by atoms with E-state index < -0.39 is 0 Å². The van der Waals surface area contributed by atoms with E-state index in [0.29, 0.717) is 6.04 Å². The molecule has 112 valence electrons. The summed E-state index contributed by atoms with van der Waals surface area (Å²) in [5.74, 6) is 0.760. The molecule has 0 aromatic carbocycles. The molecule has 1 aliphatic carbocycles. The van der Waals surface area contributed by atoms with E-state index in [1.807, 2.05) is 0 Å². The molecule has 0 bridgehead atoms. The molecule has 0 amide bonds. The lowest BCUT2D eigenvalue weighted by Gasteiger charge is -2.31. The molecule has 3 rings (SSSR count). The van der Waals surface area contributed by atoms with Crippen LogP contribution in [0.1, 0.15) is 31.4 Å². The lowest BCUT2D eigenvalue weighted by atomic mass is 9.97. The summed E-state index contributed by atoms with van der Waals surface area (Å²) in [6.07, 6.45) is 6.95. The summed E-state index contributed by atoms with van der Waals surface area (Å²) < 4.78 is 5.61. The largest absolute Gasteiger partial charge is 0.432 e. The second-order valence-corrected chi connectivity index (χ2v) is 6.40. The number of nitrogens with zero attached hydrogens (tertiary/aromatic N) is 3. The molecule has 0 atom stereocenters. The predicted octanol–water partition coefficient (Wildman–Crippen LogP) is 1.70. The highest BCUT2D eigenvalue weighted by atomic mass is 16.4. The Labute approximate surface area is 121 Å². The maximum atomic E-state index is 5.61. The number of anilines is 1. The van der Waals surface area contributed by atoms with E-state index >= 15 is 0 Å². The van der Waals surface area contributed by atoms with Gasteiger partial charge in [-0.25, -0.2) is 0 Å². The third kappa shape index (κ3) is 3.73. The second kappa shape index (κ2) is 6.14. The van der Waals surface area contributed by atoms with Gasteiger partial charge in [0.15, 0.2) is 0 Å². The van der Waals surface area contributed by atoms with E-state index in [0.717, 1.165) is 30.7 Å². The Morgan fingerprint density at radius 3 is 2.80 bits per heavy atom. The molecular formula is C15H26N4O. The van der Waals surface area contributed by atoms with Gasteiger partial charge in [0.25, 0.3) is 6.01 Å². The summed E-state index contributed by atoms with van der Waals surface area (Å²) in [6, 6.07) is 1.48. The van der Waals surface area contributed by atoms with Crippen LogP contribution in [0.15, 0.2) is 10.7 Å². The molecule has 2 heterocycles. The SMILES string of the molecule is CN1CCC(CN(C)c2nc(CNC3CC3)co2)CC1. The molecule has 0 radical (unpaired) electrons. The van der Waals surface area contributed by atoms with Gasteiger partial charge in [-0.15, -0.1) is 0 Å². The highest BCUT2D eigenvalue weighted by Crippen LogP contribution is 2.21. The van der Waals surface area contributed by atoms with Gasteiger partial charge in [-0.1, -0.05) is 0 Å². The molecule has 1 saturated carbocycles. The molecule has 5 nitrogen and oxygen atoms in total. The lowest BCUT2D eigenvalue weighted by molar-refractivity contribution is 0.221. The molecule has 20 heavy (non-hydrogen) atoms. The first-order valence-electron chi connectivity index (χ1n) is 7.78. The molecule has 1 saturated heterocycles. The van der Waals surface area contributed by atoms with Crippen LogP contribution in [-0.2, 0) is 6.54 Å². The van der Waals surface area contributed by atoms with Crippen molar-refractivity contribution >= 4 is 6.01 Å². The topological polar surface area (TPSA) is 44.5 Å². The van der Waals surface area contributed by atoms with Crippen LogP contribution >= 0.6 is 0 Å². The van der Waals surface area contributed by atoms with Crippen molar-refractivity contribution in [3.8, 4) is 0 Å². The first kappa shape index (κ1) is 13.9. The first-order valence-corrected chi connectivity index (χ1v) is 7.78. The number of hydrogen-bond acceptors (Lipinski definition) is 5. The summed E-state index contributed by atoms with van der Waals surface area (Å²) in [5, 5.41) is 3.46. The van der Waals surface area contributed by atoms with Gasteiger partial charge in [-0.3, -0.25) is 0 Å². The van der Waals surface area contributed by atoms with E-state index in [1.54, 1.807) is 6.26 Å². The molecular weight excluding hydrogens is 252 g/mol. The number of oxazole rings is 1. The zero-order valence-corrected chi connectivity index (χ0v) is 12.6. The molecule has 1 N–H and O–H groups in total. The zero-order chi connectivity index (χ0) is 13.9. The highest BCUT2D eigenvalue weighted by Gasteiger charge is 2.22. The Morgan fingerprint density at radius 1 is 1.35 bits per heavy atom. The number of aromatic nitrogens is 1. The first-order chi connectivity index (χ1) is 9.70. The number of rotatable bonds is 6. The summed E-state index contributed by atoms with van der Waals surface area (Å²) in [6.45, 7) is 4.29. The van der Waals surface area contributed by atoms with E-state index in [1.165, 1.54) is 38.8 Å². The predicted molar refractivity (Wildman–Crippen MR) is 79.9 cm³/mol. The minimum absolute atomic E-state index is 0.715. The molecule has 5 heteroatoms. The Hall–Kier alpha value is -1.07. The summed E-state index contributed by atoms with van der Waals surface area (Å²) in [7, 11) is 4.29. The zero-order valence-electron chi connectivity index (χ0n) is 12.6. The fourth-order valence-electron chi connectivity index (χ4n) is 2.80. The van der Waals surface area contributed by atoms with Gasteiger partial charge < -0.3 is 19.5 Å². The fourth-order valence-corrected chi connectivity index (χ4v) is 2.80. The number of nitrogens with one attached hydrogen (secondary N) is 1. The van der Waals surface area contributed by atoms with Gasteiger partial charge in [0, 0.05) is 26.2 Å². The third-order valence-electron chi connectivity index (χ3n) is 4.39. The van der Waals surface area contributed by atoms with Crippen LogP contribution in [-0.4, -0.2) is 49.7 Å². The summed E-state index contributed by atoms with van der Waals surface area (Å²) >= 11 is 0. The van der Waals surface area contributed by atoms with E-state index in [9.17, 15) is 0 Å². The van der Waals surface area contributed by atoms with Crippen LogP contribution in [0.3, 0.4) is 0 Å². The van der Waals surface area contributed by atoms with Crippen LogP contribution in [0.25, 0.3) is 0 Å². The molecule has 0 spiro atoms. The van der Waals surface area contributed by atoms with Crippen molar-refractivity contribution in [2.24, 2.45) is 5.92 Å². The quantitative estimate of drug-likeness (QED) is 0.858. The Bertz CT molecular complexity index is 421. The minimum Gasteiger partial charge on any atom is -0.432 e. The molecule has 2 aliphatic rings. The minimum atomic E-state index is 0.715. The van der Waals surface area contributed by atoms with Gasteiger partial charge in [0.05, 0.1) is 5.69 Å². The van der Waals surface area contributed by atoms with Crippen LogP contribution in [0.4, 0.5) is 6.01 Å². The van der Waals surface area contributed by atoms with Crippen molar-refractivity contribution in [3.63, 3.8) is 0 Å². The van der Waals surface area contributed by atoms with Gasteiger partial charge >= 0.3 is 0 Å². The Morgan fingerprint density at radius 2 is 2.10 bits per heavy atom. The van der Waals surface area contributed by atoms with Gasteiger partial charge in [0.2, 0.25) is 0 Å². The fraction of sp³-hybridized carbons (Fsp3) is 0.800. The van der Waals surface area contributed by atoms with Crippen molar-refractivity contribution < 1.29 is 4.42 Å². The van der Waals surface area contributed by atoms with E-state index in [-0.39, 0.29) is 0 Å². The van der Waals surface area contributed by atoms with Crippen LogP contribution < -0.4 is 10.2 Å². The van der Waals surface area contributed by atoms with Crippen molar-refractivity contribution in [3.05, 3.63) is 12.0 Å². The maximum absolute atomic E-state index is 5.61. The summed E-state index contributed by atoms with van der Waals surface area (Å²) in [5.41, 5.74) is 1.02. The lowest BCUT2D eigenvalue weighted by Crippen LogP contribution is -2.35. The van der Waals surface area contributed by atoms with Crippen molar-refractivity contribution in [1.29, 1.82) is 0 Å².